The van der Waals surface area contributed by atoms with Gasteiger partial charge in [0.25, 0.3) is 0 Å². The maximum Gasteiger partial charge on any atom is 0.410 e. The number of fused-ring (bicyclic) bond motifs is 1. The van der Waals surface area contributed by atoms with Gasteiger partial charge in [-0.05, 0) is 31.6 Å². The molecule has 15 heavy (non-hydrogen) atoms. The molecule has 1 heterocycles. The van der Waals surface area contributed by atoms with Crippen LogP contribution in [-0.2, 0) is 4.74 Å². The molecular formula is C11H19NO3. The Hall–Kier alpha value is -0.770. The van der Waals surface area contributed by atoms with E-state index in [2.05, 4.69) is 0 Å². The monoisotopic (exact) mass is 213 g/mol. The number of ether oxygens (including phenoxy) is 1. The minimum Gasteiger partial charge on any atom is -0.447 e. The molecule has 0 aromatic heterocycles. The van der Waals surface area contributed by atoms with Crippen LogP contribution < -0.4 is 0 Å². The van der Waals surface area contributed by atoms with E-state index in [0.29, 0.717) is 12.0 Å². The van der Waals surface area contributed by atoms with Gasteiger partial charge in [0, 0.05) is 12.6 Å². The summed E-state index contributed by atoms with van der Waals surface area (Å²) in [6.45, 7) is 0.853. The number of hydrogen-bond donors (Lipinski definition) is 1. The largest absolute Gasteiger partial charge is 0.447 e. The van der Waals surface area contributed by atoms with Crippen LogP contribution in [0.25, 0.3) is 0 Å². The molecule has 4 heteroatoms. The van der Waals surface area contributed by atoms with Crippen molar-refractivity contribution >= 4 is 6.09 Å². The van der Waals surface area contributed by atoms with Crippen LogP contribution in [0.5, 0.6) is 0 Å². The Morgan fingerprint density at radius 3 is 2.93 bits per heavy atom. The third kappa shape index (κ3) is 2.25. The van der Waals surface area contributed by atoms with Crippen LogP contribution in [0.3, 0.4) is 0 Å². The molecule has 86 valence electrons. The molecule has 1 amide bonds. The lowest BCUT2D eigenvalue weighted by Gasteiger charge is -2.36. The van der Waals surface area contributed by atoms with Gasteiger partial charge in [0.1, 0.15) is 6.61 Å². The fourth-order valence-corrected chi connectivity index (χ4v) is 2.90. The van der Waals surface area contributed by atoms with Crippen molar-refractivity contribution in [3.8, 4) is 0 Å². The zero-order chi connectivity index (χ0) is 10.7. The summed E-state index contributed by atoms with van der Waals surface area (Å²) in [5.74, 6) is 0.695. The molecule has 0 aromatic rings. The van der Waals surface area contributed by atoms with Gasteiger partial charge in [0.05, 0.1) is 6.61 Å². The van der Waals surface area contributed by atoms with Gasteiger partial charge in [-0.1, -0.05) is 6.42 Å². The highest BCUT2D eigenvalue weighted by molar-refractivity contribution is 5.68. The summed E-state index contributed by atoms with van der Waals surface area (Å²) in [5.41, 5.74) is 0. The molecule has 2 rings (SSSR count). The van der Waals surface area contributed by atoms with E-state index in [0.717, 1.165) is 19.4 Å². The zero-order valence-electron chi connectivity index (χ0n) is 9.02. The maximum absolute atomic E-state index is 11.7. The smallest absolute Gasteiger partial charge is 0.410 e. The van der Waals surface area contributed by atoms with E-state index in [1.807, 2.05) is 4.90 Å². The normalized spacial score (nSPS) is 30.1. The number of hydrogen-bond acceptors (Lipinski definition) is 3. The van der Waals surface area contributed by atoms with Gasteiger partial charge in [0.15, 0.2) is 0 Å². The SMILES string of the molecule is O=C(OCCO)N1CCCC2CCCC21. The van der Waals surface area contributed by atoms with E-state index in [1.165, 1.54) is 19.3 Å². The predicted octanol–water partition coefficient (Wildman–Crippen LogP) is 1.38. The molecular weight excluding hydrogens is 194 g/mol. The average molecular weight is 213 g/mol. The Morgan fingerprint density at radius 1 is 1.33 bits per heavy atom. The lowest BCUT2D eigenvalue weighted by molar-refractivity contribution is 0.0511. The third-order valence-electron chi connectivity index (χ3n) is 3.54. The molecule has 0 radical (unpaired) electrons. The Labute approximate surface area is 90.2 Å². The molecule has 2 unspecified atom stereocenters. The number of nitrogens with zero attached hydrogens (tertiary/aromatic N) is 1. The topological polar surface area (TPSA) is 49.8 Å². The highest BCUT2D eigenvalue weighted by Gasteiger charge is 2.37. The van der Waals surface area contributed by atoms with Crippen molar-refractivity contribution < 1.29 is 14.6 Å². The number of carbonyl (C=O) groups excluding carboxylic acids is 1. The molecule has 1 saturated heterocycles. The second-order valence-corrected chi connectivity index (χ2v) is 4.43. The highest BCUT2D eigenvalue weighted by atomic mass is 16.6. The molecule has 2 aliphatic rings. The van der Waals surface area contributed by atoms with E-state index in [-0.39, 0.29) is 19.3 Å². The minimum atomic E-state index is -0.236. The minimum absolute atomic E-state index is 0.0896. The summed E-state index contributed by atoms with van der Waals surface area (Å²) in [7, 11) is 0. The fraction of sp³-hybridized carbons (Fsp3) is 0.909. The Balaban J connectivity index is 1.92. The lowest BCUT2D eigenvalue weighted by Crippen LogP contribution is -2.46. The Kier molecular flexibility index (Phi) is 3.46. The average Bonchev–Trinajstić information content (AvgIpc) is 2.73. The number of aliphatic hydroxyl groups excluding tert-OH is 1. The van der Waals surface area contributed by atoms with Crippen molar-refractivity contribution in [3.05, 3.63) is 0 Å². The van der Waals surface area contributed by atoms with E-state index < -0.39 is 0 Å². The number of likely N-dealkylation sites (tertiary alicyclic amines) is 1. The number of amides is 1. The molecule has 0 aromatic carbocycles. The van der Waals surface area contributed by atoms with Crippen LogP contribution in [0.15, 0.2) is 0 Å². The summed E-state index contributed by atoms with van der Waals surface area (Å²) < 4.78 is 4.98. The summed E-state index contributed by atoms with van der Waals surface area (Å²) in [6.07, 6.45) is 5.73. The first kappa shape index (κ1) is 10.7. The molecule has 0 spiro atoms. The van der Waals surface area contributed by atoms with Gasteiger partial charge in [-0.3, -0.25) is 0 Å². The van der Waals surface area contributed by atoms with Gasteiger partial charge in [-0.2, -0.15) is 0 Å². The van der Waals surface area contributed by atoms with Gasteiger partial charge < -0.3 is 14.7 Å². The Bertz CT molecular complexity index is 232. The molecule has 1 aliphatic heterocycles. The summed E-state index contributed by atoms with van der Waals surface area (Å²) in [6, 6.07) is 0.407. The second kappa shape index (κ2) is 4.84. The molecule has 2 fully saturated rings. The highest BCUT2D eigenvalue weighted by Crippen LogP contribution is 2.36. The molecule has 0 bridgehead atoms. The van der Waals surface area contributed by atoms with Crippen LogP contribution in [0.4, 0.5) is 4.79 Å². The van der Waals surface area contributed by atoms with Crippen LogP contribution in [-0.4, -0.2) is 41.9 Å². The van der Waals surface area contributed by atoms with Gasteiger partial charge in [-0.15, -0.1) is 0 Å². The van der Waals surface area contributed by atoms with E-state index >= 15 is 0 Å². The second-order valence-electron chi connectivity index (χ2n) is 4.43. The van der Waals surface area contributed by atoms with Gasteiger partial charge in [-0.25, -0.2) is 4.79 Å². The number of rotatable bonds is 2. The first-order valence-corrected chi connectivity index (χ1v) is 5.87. The summed E-state index contributed by atoms with van der Waals surface area (Å²) >= 11 is 0. The van der Waals surface area contributed by atoms with Crippen molar-refractivity contribution in [3.63, 3.8) is 0 Å². The fourth-order valence-electron chi connectivity index (χ4n) is 2.90. The quantitative estimate of drug-likeness (QED) is 0.754. The lowest BCUT2D eigenvalue weighted by atomic mass is 9.92. The molecule has 4 nitrogen and oxygen atoms in total. The standard InChI is InChI=1S/C11H19NO3/c13-7-8-15-11(14)12-6-2-4-9-3-1-5-10(9)12/h9-10,13H,1-8H2. The molecule has 1 saturated carbocycles. The number of aliphatic hydroxyl groups is 1. The zero-order valence-corrected chi connectivity index (χ0v) is 9.02. The Morgan fingerprint density at radius 2 is 2.13 bits per heavy atom. The third-order valence-corrected chi connectivity index (χ3v) is 3.54. The van der Waals surface area contributed by atoms with E-state index in [9.17, 15) is 4.79 Å². The van der Waals surface area contributed by atoms with Gasteiger partial charge >= 0.3 is 6.09 Å². The molecule has 1 N–H and O–H groups in total. The number of carbonyl (C=O) groups is 1. The summed E-state index contributed by atoms with van der Waals surface area (Å²) in [5, 5.41) is 8.61. The van der Waals surface area contributed by atoms with Crippen molar-refractivity contribution in [2.45, 2.75) is 38.1 Å². The predicted molar refractivity (Wildman–Crippen MR) is 55.5 cm³/mol. The van der Waals surface area contributed by atoms with Crippen LogP contribution in [0.1, 0.15) is 32.1 Å². The van der Waals surface area contributed by atoms with Crippen molar-refractivity contribution in [2.75, 3.05) is 19.8 Å². The van der Waals surface area contributed by atoms with Gasteiger partial charge in [0.2, 0.25) is 0 Å². The van der Waals surface area contributed by atoms with Crippen LogP contribution in [0, 0.1) is 5.92 Å². The molecule has 1 aliphatic carbocycles. The molecule has 2 atom stereocenters. The maximum atomic E-state index is 11.7. The van der Waals surface area contributed by atoms with Crippen molar-refractivity contribution in [1.82, 2.24) is 4.90 Å². The van der Waals surface area contributed by atoms with Crippen LogP contribution in [0.2, 0.25) is 0 Å². The summed E-state index contributed by atoms with van der Waals surface area (Å²) in [4.78, 5) is 13.6. The van der Waals surface area contributed by atoms with E-state index in [1.54, 1.807) is 0 Å². The van der Waals surface area contributed by atoms with E-state index in [4.69, 9.17) is 9.84 Å². The van der Waals surface area contributed by atoms with Crippen molar-refractivity contribution in [2.24, 2.45) is 5.92 Å². The first-order chi connectivity index (χ1) is 7.33. The first-order valence-electron chi connectivity index (χ1n) is 5.87. The number of piperidine rings is 1. The van der Waals surface area contributed by atoms with Crippen molar-refractivity contribution in [1.29, 1.82) is 0 Å². The van der Waals surface area contributed by atoms with Crippen LogP contribution >= 0.6 is 0 Å².